The van der Waals surface area contributed by atoms with Crippen molar-refractivity contribution in [3.63, 3.8) is 0 Å². The molecular formula is C14H15BrN2. The highest BCUT2D eigenvalue weighted by Crippen LogP contribution is 2.31. The van der Waals surface area contributed by atoms with E-state index in [1.54, 1.807) is 0 Å². The minimum atomic E-state index is 0.631. The van der Waals surface area contributed by atoms with Gasteiger partial charge in [-0.1, -0.05) is 12.1 Å². The van der Waals surface area contributed by atoms with Gasteiger partial charge in [0.1, 0.15) is 0 Å². The summed E-state index contributed by atoms with van der Waals surface area (Å²) in [5.74, 6) is 0. The Bertz CT molecular complexity index is 553. The normalized spacial score (nSPS) is 20.1. The van der Waals surface area contributed by atoms with Crippen LogP contribution in [-0.4, -0.2) is 17.6 Å². The Labute approximate surface area is 110 Å². The highest BCUT2D eigenvalue weighted by atomic mass is 79.9. The number of nitrogens with zero attached hydrogens (tertiary/aromatic N) is 2. The van der Waals surface area contributed by atoms with Gasteiger partial charge in [0.15, 0.2) is 0 Å². The van der Waals surface area contributed by atoms with Crippen molar-refractivity contribution in [2.75, 3.05) is 11.4 Å². The van der Waals surface area contributed by atoms with E-state index in [1.807, 2.05) is 6.20 Å². The van der Waals surface area contributed by atoms with E-state index in [9.17, 15) is 0 Å². The van der Waals surface area contributed by atoms with Gasteiger partial charge in [0.25, 0.3) is 0 Å². The summed E-state index contributed by atoms with van der Waals surface area (Å²) in [7, 11) is 0. The highest BCUT2D eigenvalue weighted by Gasteiger charge is 2.22. The fourth-order valence-electron chi connectivity index (χ4n) is 2.64. The van der Waals surface area contributed by atoms with Crippen LogP contribution >= 0.6 is 15.9 Å². The fourth-order valence-corrected chi connectivity index (χ4v) is 2.99. The van der Waals surface area contributed by atoms with E-state index in [0.717, 1.165) is 16.5 Å². The zero-order valence-electron chi connectivity index (χ0n) is 9.86. The summed E-state index contributed by atoms with van der Waals surface area (Å²) >= 11 is 3.48. The lowest BCUT2D eigenvalue weighted by atomic mass is 10.1. The molecule has 17 heavy (non-hydrogen) atoms. The standard InChI is InChI=1S/C14H15BrN2/c1-10-4-3-7-17(10)13-6-2-5-11-8-12(15)9-16-14(11)13/h2,5-6,8-10H,3-4,7H2,1H3. The topological polar surface area (TPSA) is 16.1 Å². The number of hydrogen-bond donors (Lipinski definition) is 0. The molecule has 2 heterocycles. The van der Waals surface area contributed by atoms with Crippen molar-refractivity contribution in [3.8, 4) is 0 Å². The first kappa shape index (κ1) is 11.0. The van der Waals surface area contributed by atoms with E-state index in [0.29, 0.717) is 6.04 Å². The number of para-hydroxylation sites is 1. The molecule has 0 aliphatic carbocycles. The molecule has 2 aromatic rings. The number of aromatic nitrogens is 1. The van der Waals surface area contributed by atoms with E-state index < -0.39 is 0 Å². The lowest BCUT2D eigenvalue weighted by Crippen LogP contribution is -2.26. The van der Waals surface area contributed by atoms with Crippen molar-refractivity contribution in [3.05, 3.63) is 34.9 Å². The number of anilines is 1. The second-order valence-electron chi connectivity index (χ2n) is 4.69. The third-order valence-corrected chi connectivity index (χ3v) is 3.95. The second kappa shape index (κ2) is 4.30. The molecule has 1 saturated heterocycles. The van der Waals surface area contributed by atoms with E-state index in [-0.39, 0.29) is 0 Å². The maximum Gasteiger partial charge on any atom is 0.0936 e. The van der Waals surface area contributed by atoms with Crippen LogP contribution in [0.4, 0.5) is 5.69 Å². The van der Waals surface area contributed by atoms with Crippen molar-refractivity contribution in [1.82, 2.24) is 4.98 Å². The Morgan fingerprint density at radius 1 is 1.41 bits per heavy atom. The maximum atomic E-state index is 4.57. The monoisotopic (exact) mass is 290 g/mol. The number of fused-ring (bicyclic) bond motifs is 1. The summed E-state index contributed by atoms with van der Waals surface area (Å²) in [6, 6.07) is 9.19. The average molecular weight is 291 g/mol. The van der Waals surface area contributed by atoms with Gasteiger partial charge >= 0.3 is 0 Å². The summed E-state index contributed by atoms with van der Waals surface area (Å²) in [5.41, 5.74) is 2.39. The van der Waals surface area contributed by atoms with Gasteiger partial charge in [-0.05, 0) is 47.8 Å². The first-order valence-corrected chi connectivity index (χ1v) is 6.86. The Hall–Kier alpha value is -1.09. The molecule has 88 valence electrons. The van der Waals surface area contributed by atoms with Crippen molar-refractivity contribution >= 4 is 32.5 Å². The van der Waals surface area contributed by atoms with E-state index in [2.05, 4.69) is 57.0 Å². The van der Waals surface area contributed by atoms with Crippen LogP contribution in [0, 0.1) is 0 Å². The first-order valence-electron chi connectivity index (χ1n) is 6.06. The lowest BCUT2D eigenvalue weighted by molar-refractivity contribution is 0.736. The number of benzene rings is 1. The van der Waals surface area contributed by atoms with E-state index >= 15 is 0 Å². The molecule has 3 rings (SSSR count). The molecule has 1 fully saturated rings. The van der Waals surface area contributed by atoms with Gasteiger partial charge in [0.05, 0.1) is 11.2 Å². The Morgan fingerprint density at radius 2 is 2.29 bits per heavy atom. The predicted octanol–water partition coefficient (Wildman–Crippen LogP) is 3.99. The molecule has 0 spiro atoms. The van der Waals surface area contributed by atoms with Gasteiger partial charge < -0.3 is 4.90 Å². The van der Waals surface area contributed by atoms with Crippen LogP contribution in [0.15, 0.2) is 34.9 Å². The molecule has 0 radical (unpaired) electrons. The van der Waals surface area contributed by atoms with Crippen molar-refractivity contribution < 1.29 is 0 Å². The van der Waals surface area contributed by atoms with Gasteiger partial charge in [0, 0.05) is 28.6 Å². The second-order valence-corrected chi connectivity index (χ2v) is 5.60. The van der Waals surface area contributed by atoms with Crippen molar-refractivity contribution in [2.45, 2.75) is 25.8 Å². The van der Waals surface area contributed by atoms with Crippen LogP contribution in [-0.2, 0) is 0 Å². The van der Waals surface area contributed by atoms with Crippen LogP contribution in [0.1, 0.15) is 19.8 Å². The molecule has 3 heteroatoms. The molecule has 0 saturated carbocycles. The van der Waals surface area contributed by atoms with Gasteiger partial charge in [0.2, 0.25) is 0 Å². The van der Waals surface area contributed by atoms with Crippen LogP contribution in [0.3, 0.4) is 0 Å². The smallest absolute Gasteiger partial charge is 0.0936 e. The van der Waals surface area contributed by atoms with Gasteiger partial charge in [-0.3, -0.25) is 4.98 Å². The molecule has 1 unspecified atom stereocenters. The molecule has 1 aliphatic rings. The third kappa shape index (κ3) is 1.93. The van der Waals surface area contributed by atoms with Crippen molar-refractivity contribution in [2.24, 2.45) is 0 Å². The SMILES string of the molecule is CC1CCCN1c1cccc2cc(Br)cnc12. The minimum Gasteiger partial charge on any atom is -0.367 e. The minimum absolute atomic E-state index is 0.631. The van der Waals surface area contributed by atoms with Crippen LogP contribution in [0.25, 0.3) is 10.9 Å². The molecule has 0 bridgehead atoms. The molecule has 0 N–H and O–H groups in total. The molecule has 1 atom stereocenters. The molecule has 1 aromatic heterocycles. The average Bonchev–Trinajstić information content (AvgIpc) is 2.74. The quantitative estimate of drug-likeness (QED) is 0.790. The summed E-state index contributed by atoms with van der Waals surface area (Å²) in [6.07, 6.45) is 4.45. The summed E-state index contributed by atoms with van der Waals surface area (Å²) in [6.45, 7) is 3.45. The fraction of sp³-hybridized carbons (Fsp3) is 0.357. The van der Waals surface area contributed by atoms with Gasteiger partial charge in [-0.25, -0.2) is 0 Å². The number of rotatable bonds is 1. The van der Waals surface area contributed by atoms with E-state index in [1.165, 1.54) is 23.9 Å². The highest BCUT2D eigenvalue weighted by molar-refractivity contribution is 9.10. The number of hydrogen-bond acceptors (Lipinski definition) is 2. The van der Waals surface area contributed by atoms with Gasteiger partial charge in [-0.2, -0.15) is 0 Å². The summed E-state index contributed by atoms with van der Waals surface area (Å²) in [5, 5.41) is 1.20. The molecule has 0 amide bonds. The number of pyridine rings is 1. The largest absolute Gasteiger partial charge is 0.367 e. The molecule has 1 aromatic carbocycles. The third-order valence-electron chi connectivity index (χ3n) is 3.52. The summed E-state index contributed by atoms with van der Waals surface area (Å²) in [4.78, 5) is 7.05. The summed E-state index contributed by atoms with van der Waals surface area (Å²) < 4.78 is 1.04. The maximum absolute atomic E-state index is 4.57. The van der Waals surface area contributed by atoms with Crippen LogP contribution < -0.4 is 4.90 Å². The van der Waals surface area contributed by atoms with Crippen LogP contribution in [0.2, 0.25) is 0 Å². The molecular weight excluding hydrogens is 276 g/mol. The van der Waals surface area contributed by atoms with Crippen LogP contribution in [0.5, 0.6) is 0 Å². The predicted molar refractivity (Wildman–Crippen MR) is 75.5 cm³/mol. The Balaban J connectivity index is 2.16. The van der Waals surface area contributed by atoms with Crippen molar-refractivity contribution in [1.29, 1.82) is 0 Å². The number of halogens is 1. The molecule has 1 aliphatic heterocycles. The lowest BCUT2D eigenvalue weighted by Gasteiger charge is -2.24. The van der Waals surface area contributed by atoms with E-state index in [4.69, 9.17) is 0 Å². The first-order chi connectivity index (χ1) is 8.25. The zero-order chi connectivity index (χ0) is 11.8. The molecule has 2 nitrogen and oxygen atoms in total. The Morgan fingerprint density at radius 3 is 3.06 bits per heavy atom. The Kier molecular flexibility index (Phi) is 2.79. The zero-order valence-corrected chi connectivity index (χ0v) is 11.4. The van der Waals surface area contributed by atoms with Gasteiger partial charge in [-0.15, -0.1) is 0 Å².